The molecular weight excluding hydrogens is 330 g/mol. The van der Waals surface area contributed by atoms with Gasteiger partial charge < -0.3 is 14.7 Å². The number of carbonyl (C=O) groups is 2. The number of amides is 1. The van der Waals surface area contributed by atoms with Crippen LogP contribution < -0.4 is 0 Å². The molecule has 2 aromatic rings. The Kier molecular flexibility index (Phi) is 6.02. The third kappa shape index (κ3) is 4.70. The van der Waals surface area contributed by atoms with Crippen molar-refractivity contribution in [2.75, 3.05) is 19.7 Å². The molecule has 1 N–H and O–H groups in total. The summed E-state index contributed by atoms with van der Waals surface area (Å²) in [6.07, 6.45) is -0.157. The lowest BCUT2D eigenvalue weighted by Gasteiger charge is -2.33. The van der Waals surface area contributed by atoms with Crippen LogP contribution in [0.1, 0.15) is 29.9 Å². The van der Waals surface area contributed by atoms with Gasteiger partial charge in [-0.2, -0.15) is 0 Å². The summed E-state index contributed by atoms with van der Waals surface area (Å²) in [6.45, 7) is 1.22. The van der Waals surface area contributed by atoms with Gasteiger partial charge in [0.15, 0.2) is 0 Å². The van der Waals surface area contributed by atoms with E-state index in [1.807, 2.05) is 60.7 Å². The van der Waals surface area contributed by atoms with Gasteiger partial charge in [0.1, 0.15) is 0 Å². The molecule has 0 aromatic heterocycles. The Morgan fingerprint density at radius 1 is 1.04 bits per heavy atom. The molecule has 1 aliphatic rings. The van der Waals surface area contributed by atoms with E-state index in [0.717, 1.165) is 11.1 Å². The Balaban J connectivity index is 1.74. The summed E-state index contributed by atoms with van der Waals surface area (Å²) in [5.41, 5.74) is 2.20. The van der Waals surface area contributed by atoms with Gasteiger partial charge in [-0.3, -0.25) is 9.59 Å². The lowest BCUT2D eigenvalue weighted by atomic mass is 9.88. The Hall–Kier alpha value is -2.66. The molecule has 0 spiro atoms. The zero-order chi connectivity index (χ0) is 18.4. The van der Waals surface area contributed by atoms with Crippen molar-refractivity contribution >= 4 is 11.9 Å². The maximum atomic E-state index is 12.9. The van der Waals surface area contributed by atoms with Crippen LogP contribution in [0, 0.1) is 0 Å². The van der Waals surface area contributed by atoms with Crippen LogP contribution in [0.25, 0.3) is 0 Å². The standard InChI is InChI=1S/C21H23NO4/c23-20(22-11-12-26-18(15-22)13-21(24)25)14-19(16-7-3-1-4-8-16)17-9-5-2-6-10-17/h1-10,18-19H,11-15H2,(H,24,25)/t18-/m1/s1. The van der Waals surface area contributed by atoms with Crippen molar-refractivity contribution in [2.24, 2.45) is 0 Å². The van der Waals surface area contributed by atoms with E-state index in [1.54, 1.807) is 4.90 Å². The van der Waals surface area contributed by atoms with E-state index >= 15 is 0 Å². The molecule has 1 amide bonds. The van der Waals surface area contributed by atoms with Crippen molar-refractivity contribution in [1.29, 1.82) is 0 Å². The number of aliphatic carboxylic acids is 1. The summed E-state index contributed by atoms with van der Waals surface area (Å²) in [5.74, 6) is -0.900. The van der Waals surface area contributed by atoms with Crippen molar-refractivity contribution in [1.82, 2.24) is 4.90 Å². The van der Waals surface area contributed by atoms with Gasteiger partial charge in [0.05, 0.1) is 19.1 Å². The highest BCUT2D eigenvalue weighted by Crippen LogP contribution is 2.29. The van der Waals surface area contributed by atoms with Gasteiger partial charge in [0.25, 0.3) is 0 Å². The Labute approximate surface area is 153 Å². The summed E-state index contributed by atoms with van der Waals surface area (Å²) in [7, 11) is 0. The van der Waals surface area contributed by atoms with Crippen LogP contribution >= 0.6 is 0 Å². The molecule has 1 heterocycles. The minimum atomic E-state index is -0.907. The van der Waals surface area contributed by atoms with Gasteiger partial charge in [-0.1, -0.05) is 60.7 Å². The Bertz CT molecular complexity index is 693. The van der Waals surface area contributed by atoms with Gasteiger partial charge in [0, 0.05) is 25.4 Å². The molecule has 0 radical (unpaired) electrons. The highest BCUT2D eigenvalue weighted by atomic mass is 16.5. The summed E-state index contributed by atoms with van der Waals surface area (Å²) >= 11 is 0. The van der Waals surface area contributed by atoms with Crippen molar-refractivity contribution in [3.8, 4) is 0 Å². The quantitative estimate of drug-likeness (QED) is 0.867. The number of hydrogen-bond donors (Lipinski definition) is 1. The summed E-state index contributed by atoms with van der Waals surface area (Å²) in [4.78, 5) is 25.5. The minimum Gasteiger partial charge on any atom is -0.481 e. The smallest absolute Gasteiger partial charge is 0.306 e. The fourth-order valence-corrected chi connectivity index (χ4v) is 3.37. The number of carboxylic acids is 1. The second kappa shape index (κ2) is 8.63. The number of carboxylic acid groups (broad SMARTS) is 1. The zero-order valence-electron chi connectivity index (χ0n) is 14.6. The van der Waals surface area contributed by atoms with Gasteiger partial charge in [-0.25, -0.2) is 0 Å². The fraction of sp³-hybridized carbons (Fsp3) is 0.333. The monoisotopic (exact) mass is 353 g/mol. The highest BCUT2D eigenvalue weighted by molar-refractivity contribution is 5.78. The van der Waals surface area contributed by atoms with Crippen LogP contribution in [0.2, 0.25) is 0 Å². The predicted molar refractivity (Wildman–Crippen MR) is 97.9 cm³/mol. The SMILES string of the molecule is O=C(O)C[C@@H]1CN(C(=O)CC(c2ccccc2)c2ccccc2)CCO1. The minimum absolute atomic E-state index is 0.0225. The lowest BCUT2D eigenvalue weighted by Crippen LogP contribution is -2.46. The molecule has 1 atom stereocenters. The average molecular weight is 353 g/mol. The first-order valence-electron chi connectivity index (χ1n) is 8.84. The van der Waals surface area contributed by atoms with E-state index in [0.29, 0.717) is 26.1 Å². The van der Waals surface area contributed by atoms with Crippen LogP contribution in [0.3, 0.4) is 0 Å². The van der Waals surface area contributed by atoms with Gasteiger partial charge in [-0.05, 0) is 11.1 Å². The molecule has 5 heteroatoms. The van der Waals surface area contributed by atoms with Crippen LogP contribution in [0.5, 0.6) is 0 Å². The molecule has 0 saturated carbocycles. The molecule has 1 saturated heterocycles. The largest absolute Gasteiger partial charge is 0.481 e. The number of rotatable bonds is 6. The fourth-order valence-electron chi connectivity index (χ4n) is 3.37. The predicted octanol–water partition coefficient (Wildman–Crippen LogP) is 2.91. The van der Waals surface area contributed by atoms with Crippen LogP contribution in [-0.2, 0) is 14.3 Å². The summed E-state index contributed by atoms with van der Waals surface area (Å²) in [6, 6.07) is 20.0. The topological polar surface area (TPSA) is 66.8 Å². The van der Waals surface area contributed by atoms with E-state index in [4.69, 9.17) is 9.84 Å². The first-order chi connectivity index (χ1) is 12.6. The molecular formula is C21H23NO4. The van der Waals surface area contributed by atoms with E-state index in [9.17, 15) is 9.59 Å². The molecule has 1 fully saturated rings. The van der Waals surface area contributed by atoms with E-state index < -0.39 is 12.1 Å². The molecule has 3 rings (SSSR count). The molecule has 0 aliphatic carbocycles. The number of hydrogen-bond acceptors (Lipinski definition) is 3. The highest BCUT2D eigenvalue weighted by Gasteiger charge is 2.28. The zero-order valence-corrected chi connectivity index (χ0v) is 14.6. The molecule has 5 nitrogen and oxygen atoms in total. The number of benzene rings is 2. The van der Waals surface area contributed by atoms with Gasteiger partial charge in [0.2, 0.25) is 5.91 Å². The molecule has 1 aliphatic heterocycles. The molecule has 2 aromatic carbocycles. The Morgan fingerprint density at radius 2 is 1.62 bits per heavy atom. The molecule has 0 unspecified atom stereocenters. The third-order valence-electron chi connectivity index (χ3n) is 4.68. The van der Waals surface area contributed by atoms with Crippen LogP contribution in [0.4, 0.5) is 0 Å². The molecule has 136 valence electrons. The second-order valence-electron chi connectivity index (χ2n) is 6.51. The van der Waals surface area contributed by atoms with Crippen LogP contribution in [-0.4, -0.2) is 47.7 Å². The first kappa shape index (κ1) is 18.1. The number of nitrogens with zero attached hydrogens (tertiary/aromatic N) is 1. The molecule has 26 heavy (non-hydrogen) atoms. The Morgan fingerprint density at radius 3 is 2.15 bits per heavy atom. The van der Waals surface area contributed by atoms with Crippen molar-refractivity contribution in [2.45, 2.75) is 24.9 Å². The third-order valence-corrected chi connectivity index (χ3v) is 4.68. The van der Waals surface area contributed by atoms with E-state index in [-0.39, 0.29) is 18.2 Å². The van der Waals surface area contributed by atoms with Crippen molar-refractivity contribution in [3.05, 3.63) is 71.8 Å². The normalized spacial score (nSPS) is 17.3. The first-order valence-corrected chi connectivity index (χ1v) is 8.84. The van der Waals surface area contributed by atoms with E-state index in [1.165, 1.54) is 0 Å². The lowest BCUT2D eigenvalue weighted by molar-refractivity contribution is -0.147. The number of ether oxygens (including phenoxy) is 1. The summed E-state index contributed by atoms with van der Waals surface area (Å²) in [5, 5.41) is 8.95. The number of carbonyl (C=O) groups excluding carboxylic acids is 1. The molecule has 0 bridgehead atoms. The second-order valence-corrected chi connectivity index (χ2v) is 6.51. The van der Waals surface area contributed by atoms with Crippen molar-refractivity contribution < 1.29 is 19.4 Å². The van der Waals surface area contributed by atoms with Crippen molar-refractivity contribution in [3.63, 3.8) is 0 Å². The van der Waals surface area contributed by atoms with Gasteiger partial charge >= 0.3 is 5.97 Å². The average Bonchev–Trinajstić information content (AvgIpc) is 2.67. The summed E-state index contributed by atoms with van der Waals surface area (Å²) < 4.78 is 5.47. The maximum Gasteiger partial charge on any atom is 0.306 e. The van der Waals surface area contributed by atoms with E-state index in [2.05, 4.69) is 0 Å². The van der Waals surface area contributed by atoms with Gasteiger partial charge in [-0.15, -0.1) is 0 Å². The van der Waals surface area contributed by atoms with Crippen LogP contribution in [0.15, 0.2) is 60.7 Å². The maximum absolute atomic E-state index is 12.9. The number of morpholine rings is 1.